The predicted molar refractivity (Wildman–Crippen MR) is 137 cm³/mol. The quantitative estimate of drug-likeness (QED) is 0.503. The second-order valence-electron chi connectivity index (χ2n) is 9.19. The molecule has 3 amide bonds. The van der Waals surface area contributed by atoms with Gasteiger partial charge in [0.2, 0.25) is 11.9 Å². The van der Waals surface area contributed by atoms with E-state index in [2.05, 4.69) is 25.9 Å². The molecule has 194 valence electrons. The lowest BCUT2D eigenvalue weighted by atomic mass is 10.2. The summed E-state index contributed by atoms with van der Waals surface area (Å²) in [6.45, 7) is 5.18. The van der Waals surface area contributed by atoms with Gasteiger partial charge in [0, 0.05) is 43.9 Å². The number of nitrogens with zero attached hydrogens (tertiary/aromatic N) is 4. The number of carbonyl (C=O) groups is 2. The number of carbonyl (C=O) groups excluding carboxylic acids is 2. The molecule has 2 aromatic rings. The largest absolute Gasteiger partial charge is 0.376 e. The van der Waals surface area contributed by atoms with Crippen molar-refractivity contribution < 1.29 is 22.7 Å². The first-order chi connectivity index (χ1) is 17.0. The average Bonchev–Trinajstić information content (AvgIpc) is 3.33. The van der Waals surface area contributed by atoms with Gasteiger partial charge in [-0.1, -0.05) is 0 Å². The van der Waals surface area contributed by atoms with E-state index in [1.54, 1.807) is 19.3 Å². The summed E-state index contributed by atoms with van der Waals surface area (Å²) in [7, 11) is -1.90. The molecule has 1 fully saturated rings. The van der Waals surface area contributed by atoms with Gasteiger partial charge in [0.05, 0.1) is 23.7 Å². The van der Waals surface area contributed by atoms with Crippen LogP contribution < -0.4 is 25.8 Å². The molecule has 3 N–H and O–H groups in total. The summed E-state index contributed by atoms with van der Waals surface area (Å²) >= 11 is 0. The minimum absolute atomic E-state index is 0.0174. The molecular weight excluding hydrogens is 486 g/mol. The highest BCUT2D eigenvalue weighted by molar-refractivity contribution is 7.90. The van der Waals surface area contributed by atoms with Gasteiger partial charge in [-0.25, -0.2) is 18.2 Å². The second-order valence-corrected chi connectivity index (χ2v) is 11.2. The zero-order chi connectivity index (χ0) is 26.0. The molecule has 1 saturated heterocycles. The Bertz CT molecular complexity index is 1260. The molecule has 1 aromatic heterocycles. The minimum atomic E-state index is -3.57. The number of fused-ring (bicyclic) bond motifs is 1. The van der Waals surface area contributed by atoms with E-state index < -0.39 is 15.9 Å². The van der Waals surface area contributed by atoms with Crippen molar-refractivity contribution in [1.29, 1.82) is 0 Å². The van der Waals surface area contributed by atoms with E-state index in [0.29, 0.717) is 30.3 Å². The monoisotopic (exact) mass is 517 g/mol. The van der Waals surface area contributed by atoms with Gasteiger partial charge in [0.15, 0.2) is 15.7 Å². The molecule has 0 aliphatic carbocycles. The number of aromatic nitrogens is 2. The standard InChI is InChI=1S/C23H31N7O5S/c1-14(2)30-13-20(31)29(3)19-12-24-22(28-21(19)30)26-15-8-16(10-18(9-15)36(4,33)34)27-23(32)25-11-17-6-5-7-35-17/h8-10,12,14,17H,5-7,11,13H2,1-4H3,(H,24,26,28)(H2,25,27,32)/t17-/m0/s1. The van der Waals surface area contributed by atoms with Crippen LogP contribution >= 0.6 is 0 Å². The van der Waals surface area contributed by atoms with Crippen molar-refractivity contribution in [1.82, 2.24) is 15.3 Å². The van der Waals surface area contributed by atoms with E-state index >= 15 is 0 Å². The molecule has 1 aromatic carbocycles. The fraction of sp³-hybridized carbons (Fsp3) is 0.478. The van der Waals surface area contributed by atoms with Crippen LogP contribution in [0.3, 0.4) is 0 Å². The number of anilines is 5. The van der Waals surface area contributed by atoms with E-state index in [0.717, 1.165) is 19.1 Å². The van der Waals surface area contributed by atoms with Crippen molar-refractivity contribution in [2.24, 2.45) is 0 Å². The minimum Gasteiger partial charge on any atom is -0.376 e. The first kappa shape index (κ1) is 25.6. The Kier molecular flexibility index (Phi) is 7.31. The second kappa shape index (κ2) is 10.3. The molecule has 2 aliphatic heterocycles. The van der Waals surface area contributed by atoms with Gasteiger partial charge in [-0.15, -0.1) is 0 Å². The van der Waals surface area contributed by atoms with E-state index in [-0.39, 0.29) is 41.1 Å². The molecule has 13 heteroatoms. The summed E-state index contributed by atoms with van der Waals surface area (Å²) in [6, 6.07) is 4.00. The molecule has 0 spiro atoms. The number of hydrogen-bond acceptors (Lipinski definition) is 9. The van der Waals surface area contributed by atoms with Crippen molar-refractivity contribution in [2.45, 2.75) is 43.7 Å². The molecule has 3 heterocycles. The van der Waals surface area contributed by atoms with Crippen LogP contribution in [-0.4, -0.2) is 75.5 Å². The number of urea groups is 1. The molecule has 4 rings (SSSR count). The number of nitrogens with one attached hydrogen (secondary N) is 3. The summed E-state index contributed by atoms with van der Waals surface area (Å²) in [5, 5.41) is 8.47. The molecule has 36 heavy (non-hydrogen) atoms. The number of benzene rings is 1. The maximum atomic E-state index is 12.4. The SMILES string of the molecule is CC(C)N1CC(=O)N(C)c2cnc(Nc3cc(NC(=O)NC[C@@H]4CCCO4)cc(S(C)(=O)=O)c3)nc21. The Morgan fingerprint density at radius 2 is 2.00 bits per heavy atom. The third-order valence-corrected chi connectivity index (χ3v) is 7.14. The third-order valence-electron chi connectivity index (χ3n) is 6.05. The smallest absolute Gasteiger partial charge is 0.319 e. The van der Waals surface area contributed by atoms with Gasteiger partial charge in [0.1, 0.15) is 5.69 Å². The Labute approximate surface area is 210 Å². The van der Waals surface area contributed by atoms with Crippen LogP contribution in [0, 0.1) is 0 Å². The van der Waals surface area contributed by atoms with Crippen LogP contribution in [0.1, 0.15) is 26.7 Å². The Morgan fingerprint density at radius 3 is 2.67 bits per heavy atom. The first-order valence-corrected chi connectivity index (χ1v) is 13.6. The fourth-order valence-electron chi connectivity index (χ4n) is 4.04. The van der Waals surface area contributed by atoms with E-state index in [9.17, 15) is 18.0 Å². The van der Waals surface area contributed by atoms with Crippen molar-refractivity contribution in [3.05, 3.63) is 24.4 Å². The van der Waals surface area contributed by atoms with Gasteiger partial charge in [-0.05, 0) is 44.9 Å². The zero-order valence-corrected chi connectivity index (χ0v) is 21.6. The summed E-state index contributed by atoms with van der Waals surface area (Å²) in [6.07, 6.45) is 4.48. The Morgan fingerprint density at radius 1 is 1.25 bits per heavy atom. The molecule has 1 atom stereocenters. The van der Waals surface area contributed by atoms with Gasteiger partial charge >= 0.3 is 6.03 Å². The number of hydrogen-bond donors (Lipinski definition) is 3. The zero-order valence-electron chi connectivity index (χ0n) is 20.7. The highest BCUT2D eigenvalue weighted by Crippen LogP contribution is 2.33. The maximum Gasteiger partial charge on any atom is 0.319 e. The van der Waals surface area contributed by atoms with Crippen LogP contribution in [0.2, 0.25) is 0 Å². The molecular formula is C23H31N7O5S. The lowest BCUT2D eigenvalue weighted by molar-refractivity contribution is -0.117. The maximum absolute atomic E-state index is 12.4. The van der Waals surface area contributed by atoms with Crippen LogP contribution in [0.15, 0.2) is 29.3 Å². The van der Waals surface area contributed by atoms with Gasteiger partial charge < -0.3 is 30.5 Å². The van der Waals surface area contributed by atoms with Crippen LogP contribution in [-0.2, 0) is 19.4 Å². The van der Waals surface area contributed by atoms with Gasteiger partial charge in [-0.2, -0.15) is 4.98 Å². The topological polar surface area (TPSA) is 146 Å². The number of amides is 3. The number of ether oxygens (including phenoxy) is 1. The highest BCUT2D eigenvalue weighted by atomic mass is 32.2. The Balaban J connectivity index is 1.58. The molecule has 0 radical (unpaired) electrons. The van der Waals surface area contributed by atoms with E-state index in [1.165, 1.54) is 17.0 Å². The molecule has 0 bridgehead atoms. The lowest BCUT2D eigenvalue weighted by Crippen LogP contribution is -2.47. The summed E-state index contributed by atoms with van der Waals surface area (Å²) in [5.41, 5.74) is 1.25. The van der Waals surface area contributed by atoms with Crippen molar-refractivity contribution >= 4 is 50.6 Å². The Hall–Kier alpha value is -3.45. The summed E-state index contributed by atoms with van der Waals surface area (Å²) in [4.78, 5) is 37.1. The summed E-state index contributed by atoms with van der Waals surface area (Å²) in [5.74, 6) is 0.757. The lowest BCUT2D eigenvalue weighted by Gasteiger charge is -2.36. The molecule has 12 nitrogen and oxygen atoms in total. The number of rotatable bonds is 7. The number of sulfone groups is 1. The summed E-state index contributed by atoms with van der Waals surface area (Å²) < 4.78 is 30.1. The van der Waals surface area contributed by atoms with Gasteiger partial charge in [0.25, 0.3) is 0 Å². The third kappa shape index (κ3) is 5.85. The molecule has 0 unspecified atom stereocenters. The number of likely N-dealkylation sites (N-methyl/N-ethyl adjacent to an activating group) is 1. The van der Waals surface area contributed by atoms with Crippen LogP contribution in [0.25, 0.3) is 0 Å². The molecule has 0 saturated carbocycles. The van der Waals surface area contributed by atoms with Crippen LogP contribution in [0.4, 0.5) is 33.6 Å². The fourth-order valence-corrected chi connectivity index (χ4v) is 4.72. The van der Waals surface area contributed by atoms with E-state index in [4.69, 9.17) is 4.74 Å². The van der Waals surface area contributed by atoms with Crippen molar-refractivity contribution in [2.75, 3.05) is 53.4 Å². The average molecular weight is 518 g/mol. The predicted octanol–water partition coefficient (Wildman–Crippen LogP) is 2.12. The first-order valence-electron chi connectivity index (χ1n) is 11.7. The van der Waals surface area contributed by atoms with E-state index in [1.807, 2.05) is 18.7 Å². The van der Waals surface area contributed by atoms with Crippen molar-refractivity contribution in [3.8, 4) is 0 Å². The van der Waals surface area contributed by atoms with Crippen molar-refractivity contribution in [3.63, 3.8) is 0 Å². The van der Waals surface area contributed by atoms with Gasteiger partial charge in [-0.3, -0.25) is 4.79 Å². The normalized spacial score (nSPS) is 17.8. The highest BCUT2D eigenvalue weighted by Gasteiger charge is 2.30. The van der Waals surface area contributed by atoms with Crippen LogP contribution in [0.5, 0.6) is 0 Å². The molecule has 2 aliphatic rings.